The number of hydrogen-bond donors (Lipinski definition) is 2. The summed E-state index contributed by atoms with van der Waals surface area (Å²) in [5, 5.41) is 8.97. The van der Waals surface area contributed by atoms with E-state index < -0.39 is 15.7 Å². The van der Waals surface area contributed by atoms with Crippen LogP contribution in [0, 0.1) is 0 Å². The molecule has 0 atom stereocenters. The van der Waals surface area contributed by atoms with Gasteiger partial charge in [0.25, 0.3) is 10.2 Å². The van der Waals surface area contributed by atoms with Gasteiger partial charge >= 0.3 is 0 Å². The molecule has 0 aliphatic rings. The third kappa shape index (κ3) is 5.46. The van der Waals surface area contributed by atoms with Crippen LogP contribution in [-0.4, -0.2) is 43.6 Å². The first-order valence-corrected chi connectivity index (χ1v) is 6.55. The largest absolute Gasteiger partial charge is 0.394 e. The van der Waals surface area contributed by atoms with Crippen molar-refractivity contribution in [3.63, 3.8) is 0 Å². The zero-order chi connectivity index (χ0) is 12.1. The summed E-state index contributed by atoms with van der Waals surface area (Å²) in [6.45, 7) is 5.54. The van der Waals surface area contributed by atoms with Gasteiger partial charge in [0, 0.05) is 13.6 Å². The summed E-state index contributed by atoms with van der Waals surface area (Å²) in [6.07, 6.45) is 1.78. The van der Waals surface area contributed by atoms with Crippen molar-refractivity contribution in [3.8, 4) is 0 Å². The second-order valence-corrected chi connectivity index (χ2v) is 6.10. The first kappa shape index (κ1) is 14.8. The Balaban J connectivity index is 4.42. The zero-order valence-electron chi connectivity index (χ0n) is 9.95. The van der Waals surface area contributed by atoms with Gasteiger partial charge in [-0.25, -0.2) is 0 Å². The predicted octanol–water partition coefficient (Wildman–Crippen LogP) is 0.324. The first-order chi connectivity index (χ1) is 6.75. The van der Waals surface area contributed by atoms with Gasteiger partial charge in [-0.1, -0.05) is 13.3 Å². The molecule has 0 fully saturated rings. The molecule has 0 amide bonds. The van der Waals surface area contributed by atoms with Gasteiger partial charge in [0.15, 0.2) is 0 Å². The predicted molar refractivity (Wildman–Crippen MR) is 60.8 cm³/mol. The fourth-order valence-corrected chi connectivity index (χ4v) is 2.25. The van der Waals surface area contributed by atoms with E-state index in [1.165, 1.54) is 11.4 Å². The van der Waals surface area contributed by atoms with Crippen molar-refractivity contribution in [2.45, 2.75) is 39.2 Å². The molecule has 0 saturated carbocycles. The molecule has 15 heavy (non-hydrogen) atoms. The maximum atomic E-state index is 11.7. The van der Waals surface area contributed by atoms with Crippen molar-refractivity contribution in [2.24, 2.45) is 0 Å². The van der Waals surface area contributed by atoms with Gasteiger partial charge in [0.1, 0.15) is 0 Å². The Morgan fingerprint density at radius 1 is 1.40 bits per heavy atom. The van der Waals surface area contributed by atoms with Crippen molar-refractivity contribution < 1.29 is 13.5 Å². The molecule has 0 heterocycles. The van der Waals surface area contributed by atoms with Crippen LogP contribution in [0.5, 0.6) is 0 Å². The van der Waals surface area contributed by atoms with Gasteiger partial charge in [-0.15, -0.1) is 0 Å². The Kier molecular flexibility index (Phi) is 5.72. The first-order valence-electron chi connectivity index (χ1n) is 5.11. The zero-order valence-corrected chi connectivity index (χ0v) is 10.8. The van der Waals surface area contributed by atoms with Gasteiger partial charge in [-0.3, -0.25) is 0 Å². The summed E-state index contributed by atoms with van der Waals surface area (Å²) in [4.78, 5) is 0. The molecule has 0 aromatic carbocycles. The minimum atomic E-state index is -3.48. The van der Waals surface area contributed by atoms with Crippen LogP contribution in [0.4, 0.5) is 0 Å². The molecule has 0 aliphatic carbocycles. The normalized spacial score (nSPS) is 13.5. The average molecular weight is 238 g/mol. The average Bonchev–Trinajstić information content (AvgIpc) is 2.12. The summed E-state index contributed by atoms with van der Waals surface area (Å²) in [7, 11) is -1.95. The van der Waals surface area contributed by atoms with Crippen LogP contribution >= 0.6 is 0 Å². The standard InChI is InChI=1S/C9H22N2O3S/c1-5-6-7-11(4)15(13,14)10-9(2,3)8-12/h10,12H,5-8H2,1-4H3. The lowest BCUT2D eigenvalue weighted by atomic mass is 10.1. The van der Waals surface area contributed by atoms with Gasteiger partial charge in [0.05, 0.1) is 12.1 Å². The van der Waals surface area contributed by atoms with E-state index in [1.807, 2.05) is 6.92 Å². The van der Waals surface area contributed by atoms with Crippen LogP contribution in [0.3, 0.4) is 0 Å². The van der Waals surface area contributed by atoms with Crippen molar-refractivity contribution in [1.82, 2.24) is 9.03 Å². The Hall–Kier alpha value is -0.170. The van der Waals surface area contributed by atoms with Crippen molar-refractivity contribution in [2.75, 3.05) is 20.2 Å². The fourth-order valence-electron chi connectivity index (χ4n) is 0.960. The van der Waals surface area contributed by atoms with Gasteiger partial charge in [-0.2, -0.15) is 17.4 Å². The van der Waals surface area contributed by atoms with Crippen LogP contribution in [0.15, 0.2) is 0 Å². The molecule has 0 aromatic heterocycles. The molecule has 5 nitrogen and oxygen atoms in total. The molecule has 2 N–H and O–H groups in total. The van der Waals surface area contributed by atoms with E-state index in [0.29, 0.717) is 6.54 Å². The number of rotatable bonds is 7. The SMILES string of the molecule is CCCCN(C)S(=O)(=O)NC(C)(C)CO. The van der Waals surface area contributed by atoms with Crippen molar-refractivity contribution in [3.05, 3.63) is 0 Å². The van der Waals surface area contributed by atoms with Crippen LogP contribution in [0.25, 0.3) is 0 Å². The highest BCUT2D eigenvalue weighted by molar-refractivity contribution is 7.87. The van der Waals surface area contributed by atoms with E-state index in [4.69, 9.17) is 5.11 Å². The molecule has 0 aliphatic heterocycles. The van der Waals surface area contributed by atoms with E-state index in [9.17, 15) is 8.42 Å². The maximum absolute atomic E-state index is 11.7. The van der Waals surface area contributed by atoms with Gasteiger partial charge in [-0.05, 0) is 20.3 Å². The summed E-state index contributed by atoms with van der Waals surface area (Å²) < 4.78 is 27.1. The summed E-state index contributed by atoms with van der Waals surface area (Å²) in [6, 6.07) is 0. The minimum Gasteiger partial charge on any atom is -0.394 e. The lowest BCUT2D eigenvalue weighted by Crippen LogP contribution is -2.51. The lowest BCUT2D eigenvalue weighted by Gasteiger charge is -2.26. The van der Waals surface area contributed by atoms with E-state index in [2.05, 4.69) is 4.72 Å². The van der Waals surface area contributed by atoms with Crippen molar-refractivity contribution >= 4 is 10.2 Å². The Morgan fingerprint density at radius 2 is 1.93 bits per heavy atom. The van der Waals surface area contributed by atoms with Gasteiger partial charge in [0.2, 0.25) is 0 Å². The van der Waals surface area contributed by atoms with Crippen LogP contribution < -0.4 is 4.72 Å². The molecule has 0 spiro atoms. The Labute approximate surface area is 92.7 Å². The highest BCUT2D eigenvalue weighted by Gasteiger charge is 2.26. The van der Waals surface area contributed by atoms with E-state index in [-0.39, 0.29) is 6.61 Å². The summed E-state index contributed by atoms with van der Waals surface area (Å²) in [5.41, 5.74) is -0.820. The molecule has 0 bridgehead atoms. The van der Waals surface area contributed by atoms with Crippen LogP contribution in [0.2, 0.25) is 0 Å². The summed E-state index contributed by atoms with van der Waals surface area (Å²) in [5.74, 6) is 0. The van der Waals surface area contributed by atoms with Crippen LogP contribution in [-0.2, 0) is 10.2 Å². The molecule has 0 aromatic rings. The molecule has 92 valence electrons. The third-order valence-corrected chi connectivity index (χ3v) is 3.85. The number of nitrogens with one attached hydrogen (secondary N) is 1. The number of nitrogens with zero attached hydrogens (tertiary/aromatic N) is 1. The third-order valence-electron chi connectivity index (χ3n) is 2.04. The topological polar surface area (TPSA) is 69.6 Å². The number of hydrogen-bond acceptors (Lipinski definition) is 3. The van der Waals surface area contributed by atoms with Gasteiger partial charge < -0.3 is 5.11 Å². The Bertz CT molecular complexity index is 275. The molecular weight excluding hydrogens is 216 g/mol. The minimum absolute atomic E-state index is 0.228. The monoisotopic (exact) mass is 238 g/mol. The molecule has 0 rings (SSSR count). The van der Waals surface area contributed by atoms with E-state index in [0.717, 1.165) is 12.8 Å². The molecule has 0 radical (unpaired) electrons. The number of aliphatic hydroxyl groups excluding tert-OH is 1. The molecular formula is C9H22N2O3S. The van der Waals surface area contributed by atoms with Crippen molar-refractivity contribution in [1.29, 1.82) is 0 Å². The maximum Gasteiger partial charge on any atom is 0.279 e. The Morgan fingerprint density at radius 3 is 2.33 bits per heavy atom. The van der Waals surface area contributed by atoms with Crippen LogP contribution in [0.1, 0.15) is 33.6 Å². The number of unbranched alkanes of at least 4 members (excludes halogenated alkanes) is 1. The molecule has 6 heteroatoms. The quantitative estimate of drug-likeness (QED) is 0.671. The highest BCUT2D eigenvalue weighted by Crippen LogP contribution is 2.06. The highest BCUT2D eigenvalue weighted by atomic mass is 32.2. The molecule has 0 saturated heterocycles. The lowest BCUT2D eigenvalue weighted by molar-refractivity contribution is 0.206. The smallest absolute Gasteiger partial charge is 0.279 e. The fraction of sp³-hybridized carbons (Fsp3) is 1.00. The second-order valence-electron chi connectivity index (χ2n) is 4.32. The van der Waals surface area contributed by atoms with E-state index >= 15 is 0 Å². The second kappa shape index (κ2) is 5.79. The molecule has 0 unspecified atom stereocenters. The number of aliphatic hydroxyl groups is 1. The van der Waals surface area contributed by atoms with E-state index in [1.54, 1.807) is 13.8 Å². The summed E-state index contributed by atoms with van der Waals surface area (Å²) >= 11 is 0.